The van der Waals surface area contributed by atoms with Crippen molar-refractivity contribution in [2.24, 2.45) is 11.8 Å². The topological polar surface area (TPSA) is 34.1 Å². The van der Waals surface area contributed by atoms with Gasteiger partial charge in [-0.3, -0.25) is 0 Å². The lowest BCUT2D eigenvalue weighted by Crippen LogP contribution is -2.22. The van der Waals surface area contributed by atoms with E-state index in [1.54, 1.807) is 0 Å². The van der Waals surface area contributed by atoms with Crippen LogP contribution in [0.5, 0.6) is 0 Å². The van der Waals surface area contributed by atoms with Gasteiger partial charge < -0.3 is 0 Å². The molecule has 0 saturated heterocycles. The van der Waals surface area contributed by atoms with Crippen molar-refractivity contribution < 1.29 is 8.42 Å². The molecule has 1 fully saturated rings. The molecule has 1 aliphatic carbocycles. The Morgan fingerprint density at radius 2 is 1.93 bits per heavy atom. The maximum atomic E-state index is 11.9. The summed E-state index contributed by atoms with van der Waals surface area (Å²) in [6.45, 7) is 2.05. The third-order valence-electron chi connectivity index (χ3n) is 3.25. The average molecular weight is 297 g/mol. The zero-order valence-corrected chi connectivity index (χ0v) is 11.8. The summed E-state index contributed by atoms with van der Waals surface area (Å²) in [6, 6.07) is 0. The van der Waals surface area contributed by atoms with Gasteiger partial charge in [0.15, 0.2) is 9.84 Å². The molecule has 0 bridgehead atoms. The van der Waals surface area contributed by atoms with Crippen molar-refractivity contribution in [2.75, 3.05) is 16.8 Å². The molecule has 0 radical (unpaired) electrons. The highest BCUT2D eigenvalue weighted by Gasteiger charge is 2.24. The highest BCUT2D eigenvalue weighted by molar-refractivity contribution is 9.09. The number of sulfone groups is 1. The van der Waals surface area contributed by atoms with E-state index in [1.807, 2.05) is 0 Å². The van der Waals surface area contributed by atoms with Gasteiger partial charge in [-0.15, -0.1) is 0 Å². The third kappa shape index (κ3) is 4.85. The number of halogens is 1. The lowest BCUT2D eigenvalue weighted by atomic mass is 10.1. The first kappa shape index (κ1) is 13.5. The molecule has 1 aliphatic rings. The second-order valence-corrected chi connectivity index (χ2v) is 7.46. The maximum Gasteiger partial charge on any atom is 0.150 e. The number of hydrogen-bond acceptors (Lipinski definition) is 2. The van der Waals surface area contributed by atoms with Crippen LogP contribution in [0, 0.1) is 11.8 Å². The lowest BCUT2D eigenvalue weighted by Gasteiger charge is -2.14. The molecule has 4 heteroatoms. The first-order valence-corrected chi connectivity index (χ1v) is 8.78. The summed E-state index contributed by atoms with van der Waals surface area (Å²) in [7, 11) is -2.82. The van der Waals surface area contributed by atoms with E-state index in [9.17, 15) is 8.42 Å². The summed E-state index contributed by atoms with van der Waals surface area (Å²) in [5.74, 6) is 1.53. The Morgan fingerprint density at radius 3 is 2.40 bits per heavy atom. The largest absolute Gasteiger partial charge is 0.229 e. The van der Waals surface area contributed by atoms with Gasteiger partial charge in [-0.1, -0.05) is 42.1 Å². The van der Waals surface area contributed by atoms with Gasteiger partial charge in [0, 0.05) is 5.33 Å². The van der Waals surface area contributed by atoms with Gasteiger partial charge in [0.2, 0.25) is 0 Å². The monoisotopic (exact) mass is 296 g/mol. The third-order valence-corrected chi connectivity index (χ3v) is 6.12. The molecule has 0 aliphatic heterocycles. The predicted octanol–water partition coefficient (Wildman–Crippen LogP) is 3.01. The SMILES string of the molecule is CCC(CBr)CS(=O)(=O)CC1CCCC1. The number of hydrogen-bond donors (Lipinski definition) is 0. The summed E-state index contributed by atoms with van der Waals surface area (Å²) in [4.78, 5) is 0. The van der Waals surface area contributed by atoms with E-state index in [1.165, 1.54) is 12.8 Å². The van der Waals surface area contributed by atoms with Crippen LogP contribution in [0.4, 0.5) is 0 Å². The molecule has 0 heterocycles. The summed E-state index contributed by atoms with van der Waals surface area (Å²) in [6.07, 6.45) is 5.61. The van der Waals surface area contributed by atoms with Gasteiger partial charge in [0.1, 0.15) is 0 Å². The quantitative estimate of drug-likeness (QED) is 0.706. The molecule has 0 aromatic rings. The van der Waals surface area contributed by atoms with Gasteiger partial charge in [-0.25, -0.2) is 8.42 Å². The standard InChI is InChI=1S/C11H21BrO2S/c1-2-10(7-12)8-15(13,14)9-11-5-3-4-6-11/h10-11H,2-9H2,1H3. The van der Waals surface area contributed by atoms with Crippen molar-refractivity contribution in [1.82, 2.24) is 0 Å². The Bertz CT molecular complexity index is 254. The van der Waals surface area contributed by atoms with Crippen LogP contribution in [0.3, 0.4) is 0 Å². The van der Waals surface area contributed by atoms with Crippen LogP contribution >= 0.6 is 15.9 Å². The van der Waals surface area contributed by atoms with Crippen molar-refractivity contribution in [1.29, 1.82) is 0 Å². The molecule has 90 valence electrons. The van der Waals surface area contributed by atoms with E-state index in [0.717, 1.165) is 24.6 Å². The molecule has 0 amide bonds. The van der Waals surface area contributed by atoms with E-state index in [4.69, 9.17) is 0 Å². The molecular weight excluding hydrogens is 276 g/mol. The van der Waals surface area contributed by atoms with Crippen molar-refractivity contribution in [3.63, 3.8) is 0 Å². The smallest absolute Gasteiger partial charge is 0.150 e. The lowest BCUT2D eigenvalue weighted by molar-refractivity contribution is 0.542. The first-order chi connectivity index (χ1) is 7.07. The van der Waals surface area contributed by atoms with Crippen molar-refractivity contribution in [2.45, 2.75) is 39.0 Å². The predicted molar refractivity (Wildman–Crippen MR) is 68.2 cm³/mol. The molecule has 0 aromatic heterocycles. The minimum absolute atomic E-state index is 0.288. The summed E-state index contributed by atoms with van der Waals surface area (Å²) >= 11 is 3.38. The molecule has 0 aromatic carbocycles. The summed E-state index contributed by atoms with van der Waals surface area (Å²) in [5, 5.41) is 0.799. The fraction of sp³-hybridized carbons (Fsp3) is 1.00. The van der Waals surface area contributed by atoms with Crippen LogP contribution in [0.1, 0.15) is 39.0 Å². The van der Waals surface area contributed by atoms with Crippen LogP contribution < -0.4 is 0 Å². The molecule has 15 heavy (non-hydrogen) atoms. The Kier molecular flexibility index (Phi) is 5.61. The molecular formula is C11H21BrO2S. The maximum absolute atomic E-state index is 11.9. The van der Waals surface area contributed by atoms with E-state index in [-0.39, 0.29) is 5.92 Å². The molecule has 1 atom stereocenters. The molecule has 1 saturated carbocycles. The molecule has 0 N–H and O–H groups in total. The minimum atomic E-state index is -2.82. The first-order valence-electron chi connectivity index (χ1n) is 5.83. The highest BCUT2D eigenvalue weighted by atomic mass is 79.9. The number of rotatable bonds is 6. The van der Waals surface area contributed by atoms with Crippen molar-refractivity contribution in [3.05, 3.63) is 0 Å². The van der Waals surface area contributed by atoms with Gasteiger partial charge in [0.05, 0.1) is 11.5 Å². The molecule has 2 nitrogen and oxygen atoms in total. The Morgan fingerprint density at radius 1 is 1.33 bits per heavy atom. The number of alkyl halides is 1. The summed E-state index contributed by atoms with van der Waals surface area (Å²) < 4.78 is 23.8. The second-order valence-electron chi connectivity index (χ2n) is 4.66. The molecule has 1 unspecified atom stereocenters. The Labute approximate surface area is 102 Å². The summed E-state index contributed by atoms with van der Waals surface area (Å²) in [5.41, 5.74) is 0. The van der Waals surface area contributed by atoms with Crippen LogP contribution in [0.25, 0.3) is 0 Å². The minimum Gasteiger partial charge on any atom is -0.229 e. The average Bonchev–Trinajstić information content (AvgIpc) is 2.66. The second kappa shape index (κ2) is 6.24. The van der Waals surface area contributed by atoms with E-state index in [0.29, 0.717) is 17.4 Å². The fourth-order valence-corrected chi connectivity index (χ4v) is 5.48. The Hall–Kier alpha value is 0.430. The van der Waals surface area contributed by atoms with Gasteiger partial charge >= 0.3 is 0 Å². The van der Waals surface area contributed by atoms with Crippen molar-refractivity contribution in [3.8, 4) is 0 Å². The fourth-order valence-electron chi connectivity index (χ4n) is 2.23. The zero-order chi connectivity index (χ0) is 11.3. The van der Waals surface area contributed by atoms with Gasteiger partial charge in [-0.05, 0) is 24.7 Å². The Balaban J connectivity index is 2.43. The van der Waals surface area contributed by atoms with Crippen LogP contribution in [0.15, 0.2) is 0 Å². The van der Waals surface area contributed by atoms with Crippen LogP contribution in [0.2, 0.25) is 0 Å². The van der Waals surface area contributed by atoms with Gasteiger partial charge in [0.25, 0.3) is 0 Å². The highest BCUT2D eigenvalue weighted by Crippen LogP contribution is 2.26. The van der Waals surface area contributed by atoms with E-state index >= 15 is 0 Å². The van der Waals surface area contributed by atoms with E-state index < -0.39 is 9.84 Å². The van der Waals surface area contributed by atoms with Crippen LogP contribution in [-0.4, -0.2) is 25.3 Å². The van der Waals surface area contributed by atoms with Gasteiger partial charge in [-0.2, -0.15) is 0 Å². The molecule has 1 rings (SSSR count). The molecule has 0 spiro atoms. The van der Waals surface area contributed by atoms with Crippen LogP contribution in [-0.2, 0) is 9.84 Å². The zero-order valence-electron chi connectivity index (χ0n) is 9.41. The van der Waals surface area contributed by atoms with E-state index in [2.05, 4.69) is 22.9 Å². The normalized spacial score (nSPS) is 20.7. The van der Waals surface area contributed by atoms with Crippen molar-refractivity contribution >= 4 is 25.8 Å².